The number of carbonyl (C=O) groups excluding carboxylic acids is 2. The van der Waals surface area contributed by atoms with Crippen molar-refractivity contribution in [3.8, 4) is 23.0 Å². The third-order valence-corrected chi connectivity index (χ3v) is 14.3. The number of carbonyl (C=O) groups is 3. The molecule has 0 saturated carbocycles. The van der Waals surface area contributed by atoms with Gasteiger partial charge in [0.1, 0.15) is 13.2 Å². The van der Waals surface area contributed by atoms with Crippen molar-refractivity contribution in [1.29, 1.82) is 0 Å². The fraction of sp³-hybridized carbons (Fsp3) is 0.393. The Hall–Kier alpha value is -6.79. The van der Waals surface area contributed by atoms with E-state index >= 15 is 0 Å². The third kappa shape index (κ3) is 12.9. The maximum Gasteiger partial charge on any atom is 0.303 e. The van der Waals surface area contributed by atoms with Gasteiger partial charge >= 0.3 is 5.97 Å². The SMILES string of the molecule is C=Nc1cc(OCc2cc(COc3cc4c(cc3OC)C(=O)N3c5ccccc5C[C@H]3CN4)cc(N(CCOCCOCCOC)C[C@H](C)SCCCC(=O)O)c2)c(OC)cc1C(=O)N1CCc2ccccc21. The molecular weight excluding hydrogens is 951 g/mol. The molecule has 2 amide bonds. The number of aliphatic imine (C=N–C) groups is 1. The van der Waals surface area contributed by atoms with Gasteiger partial charge in [0, 0.05) is 74.2 Å². The molecule has 2 N–H and O–H groups in total. The number of fused-ring (bicyclic) bond motifs is 5. The molecule has 0 saturated heterocycles. The largest absolute Gasteiger partial charge is 0.493 e. The number of thioether (sulfide) groups is 1. The maximum absolute atomic E-state index is 14.2. The van der Waals surface area contributed by atoms with E-state index < -0.39 is 5.97 Å². The van der Waals surface area contributed by atoms with Crippen LogP contribution in [0.3, 0.4) is 0 Å². The van der Waals surface area contributed by atoms with E-state index in [1.165, 1.54) is 7.11 Å². The van der Waals surface area contributed by atoms with E-state index in [2.05, 4.69) is 47.0 Å². The number of carboxylic acid groups (broad SMARTS) is 1. The Bertz CT molecular complexity index is 2760. The van der Waals surface area contributed by atoms with Crippen LogP contribution in [0.2, 0.25) is 0 Å². The third-order valence-electron chi connectivity index (χ3n) is 13.1. The number of aliphatic carboxylic acids is 1. The van der Waals surface area contributed by atoms with Crippen LogP contribution in [0, 0.1) is 0 Å². The smallest absolute Gasteiger partial charge is 0.303 e. The van der Waals surface area contributed by atoms with Gasteiger partial charge in [-0.15, -0.1) is 0 Å². The number of carboxylic acids is 1. The van der Waals surface area contributed by atoms with Crippen LogP contribution >= 0.6 is 11.8 Å². The van der Waals surface area contributed by atoms with Gasteiger partial charge in [-0.2, -0.15) is 11.8 Å². The number of para-hydroxylation sites is 2. The molecule has 0 aliphatic carbocycles. The van der Waals surface area contributed by atoms with Gasteiger partial charge in [-0.1, -0.05) is 43.3 Å². The van der Waals surface area contributed by atoms with E-state index in [1.54, 1.807) is 49.1 Å². The van der Waals surface area contributed by atoms with Crippen LogP contribution in [-0.2, 0) is 45.1 Å². The Balaban J connectivity index is 1.07. The average molecular weight is 1020 g/mol. The lowest BCUT2D eigenvalue weighted by Crippen LogP contribution is -2.39. The predicted molar refractivity (Wildman–Crippen MR) is 286 cm³/mol. The fourth-order valence-corrected chi connectivity index (χ4v) is 10.5. The summed E-state index contributed by atoms with van der Waals surface area (Å²) in [6.07, 6.45) is 2.21. The highest BCUT2D eigenvalue weighted by Gasteiger charge is 2.38. The van der Waals surface area contributed by atoms with Crippen LogP contribution in [0.4, 0.5) is 28.4 Å². The standard InChI is InChI=1S/C56H65N5O11S/c1-37(73-24-10-15-54(62)63)34-59(18-19-69-22-23-70-21-20-66-3)42-26-38(35-71-52-31-46(57-2)44(29-50(52)67-4)55(64)60-17-16-40-11-6-8-13-48(40)60)25-39(27-42)36-72-53-32-47-45(30-51(53)68-5)56(65)61-43(33-58-47)28-41-12-7-9-14-49(41)61/h6-9,11-14,25-27,29-32,37,43,58H,2,10,15-24,28,33-36H2,1,3-5H3,(H,62,63)/t37-,43-/m0/s1. The van der Waals surface area contributed by atoms with Crippen molar-refractivity contribution >= 4 is 64.7 Å². The number of rotatable bonds is 27. The summed E-state index contributed by atoms with van der Waals surface area (Å²) >= 11 is 1.73. The van der Waals surface area contributed by atoms with Crippen molar-refractivity contribution < 1.29 is 52.6 Å². The highest BCUT2D eigenvalue weighted by atomic mass is 32.2. The van der Waals surface area contributed by atoms with E-state index in [-0.39, 0.29) is 42.7 Å². The summed E-state index contributed by atoms with van der Waals surface area (Å²) in [5.41, 5.74) is 8.50. The molecule has 5 aromatic rings. The van der Waals surface area contributed by atoms with Gasteiger partial charge in [-0.25, -0.2) is 0 Å². The molecule has 3 aliphatic rings. The molecule has 0 spiro atoms. The van der Waals surface area contributed by atoms with Gasteiger partial charge in [0.15, 0.2) is 23.0 Å². The Kier molecular flexibility index (Phi) is 18.2. The topological polar surface area (TPSA) is 170 Å². The van der Waals surface area contributed by atoms with Crippen LogP contribution in [-0.4, -0.2) is 127 Å². The van der Waals surface area contributed by atoms with Gasteiger partial charge < -0.3 is 58.3 Å². The van der Waals surface area contributed by atoms with Crippen molar-refractivity contribution in [3.05, 3.63) is 124 Å². The minimum Gasteiger partial charge on any atom is -0.493 e. The fourth-order valence-electron chi connectivity index (χ4n) is 9.48. The molecule has 0 fully saturated rings. The van der Waals surface area contributed by atoms with Crippen LogP contribution in [0.25, 0.3) is 0 Å². The first-order chi connectivity index (χ1) is 35.6. The first-order valence-corrected chi connectivity index (χ1v) is 25.7. The van der Waals surface area contributed by atoms with Crippen LogP contribution in [0.5, 0.6) is 23.0 Å². The zero-order chi connectivity index (χ0) is 51.3. The molecule has 2 atom stereocenters. The second-order valence-corrected chi connectivity index (χ2v) is 19.6. The zero-order valence-electron chi connectivity index (χ0n) is 42.1. The molecule has 3 aliphatic heterocycles. The molecule has 0 unspecified atom stereocenters. The average Bonchev–Trinajstić information content (AvgIpc) is 3.98. The molecule has 8 rings (SSSR count). The lowest BCUT2D eigenvalue weighted by atomic mass is 10.1. The monoisotopic (exact) mass is 1020 g/mol. The summed E-state index contributed by atoms with van der Waals surface area (Å²) in [5, 5.41) is 12.9. The van der Waals surface area contributed by atoms with Gasteiger partial charge in [0.05, 0.1) is 75.8 Å². The minimum atomic E-state index is -0.806. The maximum atomic E-state index is 14.2. The Morgan fingerprint density at radius 2 is 1.51 bits per heavy atom. The van der Waals surface area contributed by atoms with Gasteiger partial charge in [0.25, 0.3) is 11.8 Å². The summed E-state index contributed by atoms with van der Waals surface area (Å²) in [6, 6.07) is 29.0. The summed E-state index contributed by atoms with van der Waals surface area (Å²) in [5.74, 6) is 1.25. The van der Waals surface area contributed by atoms with Crippen molar-refractivity contribution in [2.75, 3.05) is 106 Å². The first kappa shape index (κ1) is 52.5. The zero-order valence-corrected chi connectivity index (χ0v) is 42.9. The van der Waals surface area contributed by atoms with E-state index in [0.29, 0.717) is 117 Å². The molecule has 5 aromatic carbocycles. The van der Waals surface area contributed by atoms with Crippen molar-refractivity contribution in [2.45, 2.75) is 57.1 Å². The van der Waals surface area contributed by atoms with E-state index in [0.717, 1.165) is 52.2 Å². The Morgan fingerprint density at radius 1 is 0.836 bits per heavy atom. The highest BCUT2D eigenvalue weighted by Crippen LogP contribution is 2.42. The minimum absolute atomic E-state index is 0.0300. The molecular formula is C56H65N5O11S. The lowest BCUT2D eigenvalue weighted by molar-refractivity contribution is -0.137. The number of hydrogen-bond acceptors (Lipinski definition) is 14. The number of methoxy groups -OCH3 is 3. The molecule has 0 aromatic heterocycles. The van der Waals surface area contributed by atoms with Crippen molar-refractivity contribution in [3.63, 3.8) is 0 Å². The summed E-state index contributed by atoms with van der Waals surface area (Å²) in [7, 11) is 4.74. The Labute approximate surface area is 431 Å². The lowest BCUT2D eigenvalue weighted by Gasteiger charge is -2.29. The number of hydrogen-bond donors (Lipinski definition) is 2. The molecule has 3 heterocycles. The molecule has 73 heavy (non-hydrogen) atoms. The second-order valence-electron chi connectivity index (χ2n) is 18.0. The van der Waals surface area contributed by atoms with Crippen molar-refractivity contribution in [2.24, 2.45) is 4.99 Å². The van der Waals surface area contributed by atoms with E-state index in [1.807, 2.05) is 59.5 Å². The molecule has 17 heteroatoms. The molecule has 0 bridgehead atoms. The van der Waals surface area contributed by atoms with Gasteiger partial charge in [-0.05, 0) is 96.5 Å². The predicted octanol–water partition coefficient (Wildman–Crippen LogP) is 8.87. The summed E-state index contributed by atoms with van der Waals surface area (Å²) in [6.45, 7) is 10.7. The first-order valence-electron chi connectivity index (χ1n) is 24.7. The molecule has 0 radical (unpaired) electrons. The van der Waals surface area contributed by atoms with Gasteiger partial charge in [0.2, 0.25) is 0 Å². The van der Waals surface area contributed by atoms with Crippen LogP contribution < -0.4 is 39.0 Å². The molecule has 386 valence electrons. The number of benzene rings is 5. The Morgan fingerprint density at radius 3 is 2.22 bits per heavy atom. The highest BCUT2D eigenvalue weighted by molar-refractivity contribution is 7.99. The number of ether oxygens (including phenoxy) is 7. The van der Waals surface area contributed by atoms with Crippen LogP contribution in [0.1, 0.15) is 62.7 Å². The van der Waals surface area contributed by atoms with Gasteiger partial charge in [-0.3, -0.25) is 19.4 Å². The molecule has 16 nitrogen and oxygen atoms in total. The van der Waals surface area contributed by atoms with E-state index in [9.17, 15) is 19.5 Å². The summed E-state index contributed by atoms with van der Waals surface area (Å²) < 4.78 is 41.7. The van der Waals surface area contributed by atoms with E-state index in [4.69, 9.17) is 33.2 Å². The number of nitrogens with zero attached hydrogens (tertiary/aromatic N) is 4. The van der Waals surface area contributed by atoms with Crippen molar-refractivity contribution in [1.82, 2.24) is 0 Å². The quantitative estimate of drug-likeness (QED) is 0.0378. The normalized spacial score (nSPS) is 14.8. The number of amides is 2. The number of anilines is 4. The number of nitrogens with one attached hydrogen (secondary N) is 1. The summed E-state index contributed by atoms with van der Waals surface area (Å²) in [4.78, 5) is 49.7. The second kappa shape index (κ2) is 25.2. The van der Waals surface area contributed by atoms with Crippen LogP contribution in [0.15, 0.2) is 96.0 Å².